The third-order valence-electron chi connectivity index (χ3n) is 10.1. The second-order valence-electron chi connectivity index (χ2n) is 14.8. The van der Waals surface area contributed by atoms with Crippen molar-refractivity contribution in [1.29, 1.82) is 0 Å². The topological polar surface area (TPSA) is 143 Å². The minimum Gasteiger partial charge on any atom is -0.508 e. The molecule has 0 radical (unpaired) electrons. The van der Waals surface area contributed by atoms with Gasteiger partial charge in [-0.25, -0.2) is 9.59 Å². The summed E-state index contributed by atoms with van der Waals surface area (Å²) < 4.78 is 5.78. The van der Waals surface area contributed by atoms with Crippen molar-refractivity contribution in [3.63, 3.8) is 0 Å². The number of carbonyl (C=O) groups excluding carboxylic acids is 1. The van der Waals surface area contributed by atoms with Crippen molar-refractivity contribution >= 4 is 17.9 Å². The Labute approximate surface area is 303 Å². The van der Waals surface area contributed by atoms with Crippen LogP contribution in [0.3, 0.4) is 0 Å². The number of unbranched alkanes of at least 4 members (excludes halogenated alkanes) is 6. The van der Waals surface area contributed by atoms with Crippen LogP contribution in [-0.2, 0) is 16.9 Å². The maximum atomic E-state index is 12.7. The van der Waals surface area contributed by atoms with Crippen LogP contribution < -0.4 is 5.32 Å². The second-order valence-corrected chi connectivity index (χ2v) is 14.8. The number of para-hydroxylation sites is 1. The molecular weight excluding hydrogens is 646 g/mol. The molecule has 10 heteroatoms. The van der Waals surface area contributed by atoms with E-state index in [0.29, 0.717) is 18.5 Å². The van der Waals surface area contributed by atoms with Crippen molar-refractivity contribution in [2.75, 3.05) is 38.0 Å². The highest BCUT2D eigenvalue weighted by Crippen LogP contribution is 2.41. The van der Waals surface area contributed by atoms with E-state index in [4.69, 9.17) is 4.74 Å². The zero-order valence-electron chi connectivity index (χ0n) is 30.5. The predicted octanol–water partition coefficient (Wildman–Crippen LogP) is 8.21. The molecular formula is C41H57N3O7. The van der Waals surface area contributed by atoms with E-state index in [2.05, 4.69) is 10.2 Å². The lowest BCUT2D eigenvalue weighted by Gasteiger charge is -2.43. The largest absolute Gasteiger partial charge is 0.508 e. The summed E-state index contributed by atoms with van der Waals surface area (Å²) in [6.45, 7) is 8.25. The summed E-state index contributed by atoms with van der Waals surface area (Å²) in [5.74, 6) is -0.0667. The molecule has 5 N–H and O–H groups in total. The third kappa shape index (κ3) is 11.4. The molecule has 1 heterocycles. The van der Waals surface area contributed by atoms with Gasteiger partial charge >= 0.3 is 12.2 Å². The van der Waals surface area contributed by atoms with E-state index in [0.717, 1.165) is 87.8 Å². The number of aromatic hydroxyl groups is 1. The van der Waals surface area contributed by atoms with Crippen LogP contribution in [-0.4, -0.2) is 81.2 Å². The number of phenols is 1. The van der Waals surface area contributed by atoms with Crippen molar-refractivity contribution < 1.29 is 34.8 Å². The standard InChI is InChI=1S/C41H57N3O7/c1-40(2,3)41(50,33-20-21-37(46)32(28-33)29-45)30-44(39(48)49)25-15-8-6-4-5-7-14-24-43-26-22-34(23-27-43)51-38(47)42-36-19-13-12-18-35(36)31-16-10-9-11-17-31/h9-13,16-21,28,34,45-46,50H,4-8,14-15,22-27,29-30H2,1-3H3,(H,42,47)(H,48,49)/t41-/m0/s1. The van der Waals surface area contributed by atoms with E-state index in [1.165, 1.54) is 11.0 Å². The maximum absolute atomic E-state index is 12.7. The number of aliphatic hydroxyl groups is 2. The smallest absolute Gasteiger partial charge is 0.411 e. The fraction of sp³-hybridized carbons (Fsp3) is 0.512. The Bertz CT molecular complexity index is 1540. The van der Waals surface area contributed by atoms with E-state index in [-0.39, 0.29) is 30.6 Å². The molecule has 0 aliphatic carbocycles. The number of hydrogen-bond donors (Lipinski definition) is 5. The van der Waals surface area contributed by atoms with Gasteiger partial charge in [-0.2, -0.15) is 0 Å². The molecule has 0 aromatic heterocycles. The molecule has 278 valence electrons. The minimum atomic E-state index is -1.52. The lowest BCUT2D eigenvalue weighted by atomic mass is 9.71. The first-order chi connectivity index (χ1) is 24.4. The van der Waals surface area contributed by atoms with E-state index < -0.39 is 23.2 Å². The number of benzene rings is 3. The van der Waals surface area contributed by atoms with Gasteiger partial charge in [0.05, 0.1) is 18.8 Å². The van der Waals surface area contributed by atoms with E-state index in [1.54, 1.807) is 12.1 Å². The average Bonchev–Trinajstić information content (AvgIpc) is 3.11. The summed E-state index contributed by atoms with van der Waals surface area (Å²) in [7, 11) is 0. The molecule has 10 nitrogen and oxygen atoms in total. The zero-order valence-corrected chi connectivity index (χ0v) is 30.5. The molecule has 1 aliphatic heterocycles. The summed E-state index contributed by atoms with van der Waals surface area (Å²) in [6.07, 6.45) is 7.19. The van der Waals surface area contributed by atoms with E-state index >= 15 is 0 Å². The fourth-order valence-corrected chi connectivity index (χ4v) is 6.77. The van der Waals surface area contributed by atoms with Crippen LogP contribution in [0.25, 0.3) is 11.1 Å². The van der Waals surface area contributed by atoms with Crippen LogP contribution in [0.4, 0.5) is 15.3 Å². The Morgan fingerprint density at radius 1 is 0.882 bits per heavy atom. The Morgan fingerprint density at radius 3 is 2.16 bits per heavy atom. The van der Waals surface area contributed by atoms with Gasteiger partial charge in [0.15, 0.2) is 0 Å². The second kappa shape index (κ2) is 18.9. The normalized spacial score (nSPS) is 15.2. The van der Waals surface area contributed by atoms with Crippen LogP contribution in [0.2, 0.25) is 0 Å². The van der Waals surface area contributed by atoms with Gasteiger partial charge in [-0.1, -0.05) is 107 Å². The Balaban J connectivity index is 1.09. The number of rotatable bonds is 17. The first-order valence-electron chi connectivity index (χ1n) is 18.4. The number of amides is 2. The number of likely N-dealkylation sites (tertiary alicyclic amines) is 1. The Kier molecular flexibility index (Phi) is 14.7. The van der Waals surface area contributed by atoms with E-state index in [9.17, 15) is 30.0 Å². The van der Waals surface area contributed by atoms with Crippen LogP contribution in [0, 0.1) is 5.41 Å². The van der Waals surface area contributed by atoms with E-state index in [1.807, 2.05) is 75.4 Å². The summed E-state index contributed by atoms with van der Waals surface area (Å²) in [5, 5.41) is 44.3. The Hall–Kier alpha value is -4.12. The van der Waals surface area contributed by atoms with Gasteiger partial charge in [-0.05, 0) is 67.0 Å². The van der Waals surface area contributed by atoms with Gasteiger partial charge in [0.2, 0.25) is 0 Å². The molecule has 0 bridgehead atoms. The summed E-state index contributed by atoms with van der Waals surface area (Å²) in [5.41, 5.74) is 1.26. The van der Waals surface area contributed by atoms with Gasteiger partial charge in [0, 0.05) is 30.8 Å². The number of nitrogens with zero attached hydrogens (tertiary/aromatic N) is 2. The van der Waals surface area contributed by atoms with Gasteiger partial charge in [-0.3, -0.25) is 5.32 Å². The van der Waals surface area contributed by atoms with Crippen molar-refractivity contribution in [3.05, 3.63) is 83.9 Å². The number of ether oxygens (including phenoxy) is 1. The molecule has 1 atom stereocenters. The summed E-state index contributed by atoms with van der Waals surface area (Å²) >= 11 is 0. The van der Waals surface area contributed by atoms with Crippen LogP contribution in [0.1, 0.15) is 89.7 Å². The molecule has 1 fully saturated rings. The summed E-state index contributed by atoms with van der Waals surface area (Å²) in [4.78, 5) is 28.6. The quantitative estimate of drug-likeness (QED) is 0.0886. The molecule has 0 unspecified atom stereocenters. The van der Waals surface area contributed by atoms with Gasteiger partial charge in [0.1, 0.15) is 17.5 Å². The summed E-state index contributed by atoms with van der Waals surface area (Å²) in [6, 6.07) is 22.3. The SMILES string of the molecule is CC(C)(C)[C@](O)(CN(CCCCCCCCCN1CCC(OC(=O)Nc2ccccc2-c2ccccc2)CC1)C(=O)O)c1ccc(O)c(CO)c1. The van der Waals surface area contributed by atoms with Crippen molar-refractivity contribution in [2.24, 2.45) is 5.41 Å². The molecule has 0 saturated carbocycles. The molecule has 0 spiro atoms. The van der Waals surface area contributed by atoms with Gasteiger partial charge < -0.3 is 35.0 Å². The van der Waals surface area contributed by atoms with Crippen LogP contribution in [0.5, 0.6) is 5.75 Å². The number of anilines is 1. The molecule has 3 aromatic carbocycles. The third-order valence-corrected chi connectivity index (χ3v) is 10.1. The molecule has 1 saturated heterocycles. The highest BCUT2D eigenvalue weighted by atomic mass is 16.6. The van der Waals surface area contributed by atoms with Crippen molar-refractivity contribution in [2.45, 2.75) is 96.9 Å². The first kappa shape index (κ1) is 39.7. The molecule has 1 aliphatic rings. The molecule has 2 amide bonds. The maximum Gasteiger partial charge on any atom is 0.411 e. The van der Waals surface area contributed by atoms with Crippen LogP contribution >= 0.6 is 0 Å². The minimum absolute atomic E-state index is 0.0667. The average molecular weight is 704 g/mol. The number of hydrogen-bond acceptors (Lipinski definition) is 7. The lowest BCUT2D eigenvalue weighted by Crippen LogP contribution is -2.51. The number of carboxylic acid groups (broad SMARTS) is 1. The monoisotopic (exact) mass is 703 g/mol. The highest BCUT2D eigenvalue weighted by molar-refractivity contribution is 5.91. The van der Waals surface area contributed by atoms with Crippen molar-refractivity contribution in [3.8, 4) is 16.9 Å². The number of aliphatic hydroxyl groups excluding tert-OH is 1. The molecule has 3 aromatic rings. The molecule has 51 heavy (non-hydrogen) atoms. The van der Waals surface area contributed by atoms with Gasteiger partial charge in [0.25, 0.3) is 0 Å². The molecule has 4 rings (SSSR count). The first-order valence-corrected chi connectivity index (χ1v) is 18.4. The Morgan fingerprint density at radius 2 is 1.51 bits per heavy atom. The highest BCUT2D eigenvalue weighted by Gasteiger charge is 2.44. The van der Waals surface area contributed by atoms with Crippen LogP contribution in [0.15, 0.2) is 72.8 Å². The number of piperidine rings is 1. The fourth-order valence-electron chi connectivity index (χ4n) is 6.77. The van der Waals surface area contributed by atoms with Gasteiger partial charge in [-0.15, -0.1) is 0 Å². The number of carbonyl (C=O) groups is 2. The lowest BCUT2D eigenvalue weighted by molar-refractivity contribution is -0.0829. The van der Waals surface area contributed by atoms with Crippen molar-refractivity contribution in [1.82, 2.24) is 9.80 Å². The zero-order chi connectivity index (χ0) is 36.9. The number of nitrogens with one attached hydrogen (secondary N) is 1. The predicted molar refractivity (Wildman–Crippen MR) is 201 cm³/mol.